The third-order valence-electron chi connectivity index (χ3n) is 2.25. The average Bonchev–Trinajstić information content (AvgIpc) is 2.51. The number of nitrogens with zero attached hydrogens (tertiary/aromatic N) is 2. The Morgan fingerprint density at radius 3 is 2.81 bits per heavy atom. The minimum atomic E-state index is -0.502. The highest BCUT2D eigenvalue weighted by molar-refractivity contribution is 5.75. The number of aliphatic hydroxyl groups excluding tert-OH is 1. The van der Waals surface area contributed by atoms with Crippen molar-refractivity contribution in [1.82, 2.24) is 15.1 Å². The molecule has 0 aromatic carbocycles. The van der Waals surface area contributed by atoms with Gasteiger partial charge in [0, 0.05) is 25.2 Å². The van der Waals surface area contributed by atoms with Crippen molar-refractivity contribution in [3.8, 4) is 0 Å². The lowest BCUT2D eigenvalue weighted by atomic mass is 10.3. The highest BCUT2D eigenvalue weighted by Gasteiger charge is 2.05. The fourth-order valence-electron chi connectivity index (χ4n) is 1.46. The van der Waals surface area contributed by atoms with Crippen molar-refractivity contribution in [2.75, 3.05) is 6.54 Å². The molecule has 0 unspecified atom stereocenters. The Labute approximate surface area is 95.5 Å². The summed E-state index contributed by atoms with van der Waals surface area (Å²) in [4.78, 5) is 11.4. The van der Waals surface area contributed by atoms with E-state index >= 15 is 0 Å². The lowest BCUT2D eigenvalue weighted by Gasteiger charge is -2.07. The van der Waals surface area contributed by atoms with Crippen LogP contribution < -0.4 is 5.32 Å². The van der Waals surface area contributed by atoms with Crippen molar-refractivity contribution in [3.63, 3.8) is 0 Å². The summed E-state index contributed by atoms with van der Waals surface area (Å²) in [6.07, 6.45) is -0.119. The zero-order chi connectivity index (χ0) is 12.1. The van der Waals surface area contributed by atoms with Crippen molar-refractivity contribution in [1.29, 1.82) is 0 Å². The van der Waals surface area contributed by atoms with Crippen molar-refractivity contribution in [2.24, 2.45) is 0 Å². The van der Waals surface area contributed by atoms with Gasteiger partial charge in [-0.1, -0.05) is 0 Å². The second kappa shape index (κ2) is 5.65. The van der Waals surface area contributed by atoms with Gasteiger partial charge in [-0.05, 0) is 26.8 Å². The molecule has 0 saturated heterocycles. The van der Waals surface area contributed by atoms with Crippen LogP contribution in [0.5, 0.6) is 0 Å². The maximum absolute atomic E-state index is 11.4. The first-order valence-electron chi connectivity index (χ1n) is 5.45. The smallest absolute Gasteiger partial charge is 0.221 e. The Morgan fingerprint density at radius 1 is 1.62 bits per heavy atom. The molecule has 2 N–H and O–H groups in total. The molecule has 0 radical (unpaired) electrons. The quantitative estimate of drug-likeness (QED) is 0.761. The van der Waals surface area contributed by atoms with Gasteiger partial charge in [0.1, 0.15) is 0 Å². The van der Waals surface area contributed by atoms with E-state index in [1.54, 1.807) is 6.92 Å². The van der Waals surface area contributed by atoms with E-state index in [0.29, 0.717) is 19.5 Å². The van der Waals surface area contributed by atoms with Gasteiger partial charge in [-0.3, -0.25) is 9.48 Å². The van der Waals surface area contributed by atoms with Gasteiger partial charge in [0.25, 0.3) is 0 Å². The molecule has 0 fully saturated rings. The van der Waals surface area contributed by atoms with Crippen LogP contribution in [-0.4, -0.2) is 33.4 Å². The van der Waals surface area contributed by atoms with Gasteiger partial charge >= 0.3 is 0 Å². The molecule has 0 aliphatic carbocycles. The van der Waals surface area contributed by atoms with E-state index in [1.165, 1.54) is 0 Å². The number of aliphatic hydroxyl groups is 1. The summed E-state index contributed by atoms with van der Waals surface area (Å²) in [6, 6.07) is 1.98. The Kier molecular flexibility index (Phi) is 4.49. The molecule has 16 heavy (non-hydrogen) atoms. The maximum atomic E-state index is 11.4. The summed E-state index contributed by atoms with van der Waals surface area (Å²) in [5, 5.41) is 15.9. The van der Waals surface area contributed by atoms with Crippen molar-refractivity contribution < 1.29 is 9.90 Å². The number of aromatic nitrogens is 2. The summed E-state index contributed by atoms with van der Waals surface area (Å²) in [5.41, 5.74) is 2.02. The molecule has 5 heteroatoms. The van der Waals surface area contributed by atoms with E-state index < -0.39 is 6.10 Å². The summed E-state index contributed by atoms with van der Waals surface area (Å²) < 4.78 is 1.82. The van der Waals surface area contributed by atoms with Crippen molar-refractivity contribution in [2.45, 2.75) is 39.8 Å². The number of carbonyl (C=O) groups is 1. The monoisotopic (exact) mass is 225 g/mol. The third-order valence-corrected chi connectivity index (χ3v) is 2.25. The predicted octanol–water partition coefficient (Wildman–Crippen LogP) is 0.387. The highest BCUT2D eigenvalue weighted by atomic mass is 16.3. The Bertz CT molecular complexity index is 358. The normalized spacial score (nSPS) is 12.5. The van der Waals surface area contributed by atoms with Gasteiger partial charge in [0.15, 0.2) is 0 Å². The minimum Gasteiger partial charge on any atom is -0.392 e. The number of aryl methyl sites for hydroxylation is 3. The summed E-state index contributed by atoms with van der Waals surface area (Å²) >= 11 is 0. The molecule has 0 spiro atoms. The Balaban J connectivity index is 2.34. The van der Waals surface area contributed by atoms with Gasteiger partial charge in [-0.15, -0.1) is 0 Å². The van der Waals surface area contributed by atoms with Gasteiger partial charge < -0.3 is 10.4 Å². The first-order chi connectivity index (χ1) is 7.49. The molecule has 1 atom stereocenters. The molecular formula is C11H19N3O2. The molecule has 1 aromatic heterocycles. The topological polar surface area (TPSA) is 67.2 Å². The molecule has 1 aromatic rings. The largest absolute Gasteiger partial charge is 0.392 e. The molecule has 1 amide bonds. The van der Waals surface area contributed by atoms with E-state index in [1.807, 2.05) is 24.6 Å². The first kappa shape index (κ1) is 12.7. The van der Waals surface area contributed by atoms with Gasteiger partial charge in [0.05, 0.1) is 11.8 Å². The van der Waals surface area contributed by atoms with E-state index in [2.05, 4.69) is 10.4 Å². The van der Waals surface area contributed by atoms with Crippen LogP contribution in [0.3, 0.4) is 0 Å². The number of carbonyl (C=O) groups excluding carboxylic acids is 1. The maximum Gasteiger partial charge on any atom is 0.221 e. The Hall–Kier alpha value is -1.36. The summed E-state index contributed by atoms with van der Waals surface area (Å²) in [6.45, 7) is 6.41. The molecule has 1 heterocycles. The molecule has 5 nitrogen and oxygen atoms in total. The summed E-state index contributed by atoms with van der Waals surface area (Å²) in [7, 11) is 0. The van der Waals surface area contributed by atoms with Crippen LogP contribution >= 0.6 is 0 Å². The van der Waals surface area contributed by atoms with Crippen LogP contribution in [-0.2, 0) is 11.3 Å². The van der Waals surface area contributed by atoms with Crippen molar-refractivity contribution in [3.05, 3.63) is 17.5 Å². The van der Waals surface area contributed by atoms with Crippen LogP contribution in [0, 0.1) is 13.8 Å². The van der Waals surface area contributed by atoms with Gasteiger partial charge in [-0.2, -0.15) is 5.10 Å². The Morgan fingerprint density at radius 2 is 2.31 bits per heavy atom. The second-order valence-electron chi connectivity index (χ2n) is 4.05. The molecular weight excluding hydrogens is 206 g/mol. The molecule has 1 rings (SSSR count). The van der Waals surface area contributed by atoms with Gasteiger partial charge in [0.2, 0.25) is 5.91 Å². The fourth-order valence-corrected chi connectivity index (χ4v) is 1.46. The van der Waals surface area contributed by atoms with Crippen molar-refractivity contribution >= 4 is 5.91 Å². The van der Waals surface area contributed by atoms with Crippen LogP contribution in [0.2, 0.25) is 0 Å². The molecule has 0 bridgehead atoms. The predicted molar refractivity (Wildman–Crippen MR) is 61.0 cm³/mol. The zero-order valence-electron chi connectivity index (χ0n) is 10.0. The van der Waals surface area contributed by atoms with E-state index in [9.17, 15) is 4.79 Å². The van der Waals surface area contributed by atoms with Crippen LogP contribution in [0.25, 0.3) is 0 Å². The van der Waals surface area contributed by atoms with Crippen LogP contribution in [0.1, 0.15) is 24.7 Å². The number of rotatable bonds is 5. The first-order valence-corrected chi connectivity index (χ1v) is 5.45. The number of nitrogens with one attached hydrogen (secondary N) is 1. The minimum absolute atomic E-state index is 0.0616. The average molecular weight is 225 g/mol. The highest BCUT2D eigenvalue weighted by Crippen LogP contribution is 2.02. The van der Waals surface area contributed by atoms with Gasteiger partial charge in [-0.25, -0.2) is 0 Å². The molecule has 0 aliphatic rings. The van der Waals surface area contributed by atoms with Crippen LogP contribution in [0.4, 0.5) is 0 Å². The zero-order valence-corrected chi connectivity index (χ0v) is 10.0. The second-order valence-corrected chi connectivity index (χ2v) is 4.05. The van der Waals surface area contributed by atoms with E-state index in [0.717, 1.165) is 11.4 Å². The number of amides is 1. The standard InChI is InChI=1S/C11H19N3O2/c1-8-6-9(2)14(13-8)5-4-11(16)12-7-10(3)15/h6,10,15H,4-5,7H2,1-3H3,(H,12,16)/t10-/m1/s1. The van der Waals surface area contributed by atoms with E-state index in [-0.39, 0.29) is 5.91 Å². The lowest BCUT2D eigenvalue weighted by Crippen LogP contribution is -2.31. The SMILES string of the molecule is Cc1cc(C)n(CCC(=O)NC[C@@H](C)O)n1. The molecule has 0 saturated carbocycles. The molecule has 0 aliphatic heterocycles. The summed E-state index contributed by atoms with van der Waals surface area (Å²) in [5.74, 6) is -0.0616. The number of hydrogen-bond acceptors (Lipinski definition) is 3. The lowest BCUT2D eigenvalue weighted by molar-refractivity contribution is -0.121. The molecule has 90 valence electrons. The fraction of sp³-hybridized carbons (Fsp3) is 0.636. The third kappa shape index (κ3) is 4.02. The van der Waals surface area contributed by atoms with Crippen LogP contribution in [0.15, 0.2) is 6.07 Å². The van der Waals surface area contributed by atoms with E-state index in [4.69, 9.17) is 5.11 Å². The number of hydrogen-bond donors (Lipinski definition) is 2.